The lowest BCUT2D eigenvalue weighted by Gasteiger charge is -2.05. The number of aromatic nitrogens is 2. The number of anilines is 1. The van der Waals surface area contributed by atoms with Crippen molar-refractivity contribution in [2.45, 2.75) is 0 Å². The largest absolute Gasteiger partial charge is 0.369 e. The van der Waals surface area contributed by atoms with Gasteiger partial charge in [0, 0.05) is 5.56 Å². The molecule has 0 spiro atoms. The maximum atomic E-state index is 13.5. The van der Waals surface area contributed by atoms with Crippen molar-refractivity contribution < 1.29 is 8.78 Å². The van der Waals surface area contributed by atoms with Crippen LogP contribution in [0.3, 0.4) is 0 Å². The van der Waals surface area contributed by atoms with Gasteiger partial charge in [0.1, 0.15) is 22.4 Å². The average molecular weight is 258 g/mol. The molecule has 4 nitrogen and oxygen atoms in total. The summed E-state index contributed by atoms with van der Waals surface area (Å²) in [6, 6.07) is 2.76. The highest BCUT2D eigenvalue weighted by Gasteiger charge is 2.15. The monoisotopic (exact) mass is 257 g/mol. The van der Waals surface area contributed by atoms with Crippen LogP contribution in [0, 0.1) is 11.6 Å². The van der Waals surface area contributed by atoms with Crippen LogP contribution in [0.2, 0.25) is 5.02 Å². The zero-order valence-corrected chi connectivity index (χ0v) is 9.05. The molecule has 0 saturated heterocycles. The Morgan fingerprint density at radius 1 is 1.35 bits per heavy atom. The molecule has 0 amide bonds. The van der Waals surface area contributed by atoms with Gasteiger partial charge in [0.25, 0.3) is 5.56 Å². The summed E-state index contributed by atoms with van der Waals surface area (Å²) in [4.78, 5) is 17.1. The minimum Gasteiger partial charge on any atom is -0.369 e. The molecular weight excluding hydrogens is 252 g/mol. The molecule has 0 unspecified atom stereocenters. The zero-order valence-electron chi connectivity index (χ0n) is 8.30. The van der Waals surface area contributed by atoms with Gasteiger partial charge in [-0.05, 0) is 18.2 Å². The summed E-state index contributed by atoms with van der Waals surface area (Å²) in [6.45, 7) is 0. The topological polar surface area (TPSA) is 71.8 Å². The normalized spacial score (nSPS) is 10.5. The smallest absolute Gasteiger partial charge is 0.271 e. The van der Waals surface area contributed by atoms with Gasteiger partial charge in [0.2, 0.25) is 5.95 Å². The van der Waals surface area contributed by atoms with Gasteiger partial charge in [0.15, 0.2) is 0 Å². The maximum absolute atomic E-state index is 13.5. The number of nitrogen functional groups attached to an aromatic ring is 1. The molecule has 2 aromatic rings. The van der Waals surface area contributed by atoms with Crippen LogP contribution >= 0.6 is 11.6 Å². The Bertz CT molecular complexity index is 642. The number of H-pyrrole nitrogens is 1. The fourth-order valence-corrected chi connectivity index (χ4v) is 1.52. The van der Waals surface area contributed by atoms with Gasteiger partial charge in [-0.1, -0.05) is 11.6 Å². The molecule has 0 atom stereocenters. The van der Waals surface area contributed by atoms with Crippen molar-refractivity contribution in [3.05, 3.63) is 45.2 Å². The van der Waals surface area contributed by atoms with E-state index in [1.54, 1.807) is 0 Å². The van der Waals surface area contributed by atoms with Crippen LogP contribution in [-0.2, 0) is 0 Å². The number of hydrogen-bond acceptors (Lipinski definition) is 3. The SMILES string of the molecule is Nc1nc(-c2cc(F)ccc2F)c(Cl)c(=O)[nH]1. The van der Waals surface area contributed by atoms with Crippen LogP contribution in [-0.4, -0.2) is 9.97 Å². The quantitative estimate of drug-likeness (QED) is 0.820. The molecular formula is C10H6ClF2N3O. The minimum absolute atomic E-state index is 0.190. The van der Waals surface area contributed by atoms with Crippen LogP contribution in [0.1, 0.15) is 0 Å². The molecule has 0 saturated carbocycles. The van der Waals surface area contributed by atoms with E-state index >= 15 is 0 Å². The van der Waals surface area contributed by atoms with Gasteiger partial charge < -0.3 is 5.73 Å². The van der Waals surface area contributed by atoms with E-state index in [0.29, 0.717) is 0 Å². The first-order valence-electron chi connectivity index (χ1n) is 4.49. The number of nitrogens with zero attached hydrogens (tertiary/aromatic N) is 1. The molecule has 2 rings (SSSR count). The van der Waals surface area contributed by atoms with E-state index in [1.165, 1.54) is 0 Å². The van der Waals surface area contributed by atoms with Crippen molar-refractivity contribution >= 4 is 17.5 Å². The van der Waals surface area contributed by atoms with Gasteiger partial charge in [-0.2, -0.15) is 0 Å². The molecule has 0 radical (unpaired) electrons. The van der Waals surface area contributed by atoms with E-state index in [9.17, 15) is 13.6 Å². The van der Waals surface area contributed by atoms with E-state index in [4.69, 9.17) is 17.3 Å². The summed E-state index contributed by atoms with van der Waals surface area (Å²) in [5.74, 6) is -1.64. The van der Waals surface area contributed by atoms with Crippen molar-refractivity contribution in [3.63, 3.8) is 0 Å². The van der Waals surface area contributed by atoms with E-state index in [0.717, 1.165) is 18.2 Å². The fraction of sp³-hybridized carbons (Fsp3) is 0. The highest BCUT2D eigenvalue weighted by Crippen LogP contribution is 2.26. The van der Waals surface area contributed by atoms with Gasteiger partial charge in [-0.15, -0.1) is 0 Å². The summed E-state index contributed by atoms with van der Waals surface area (Å²) in [6.07, 6.45) is 0. The highest BCUT2D eigenvalue weighted by atomic mass is 35.5. The average Bonchev–Trinajstić information content (AvgIpc) is 2.27. The number of aromatic amines is 1. The molecule has 0 fully saturated rings. The van der Waals surface area contributed by atoms with Gasteiger partial charge in [-0.25, -0.2) is 13.8 Å². The molecule has 0 bridgehead atoms. The summed E-state index contributed by atoms with van der Waals surface area (Å²) in [5, 5.41) is -0.344. The predicted octanol–water partition coefficient (Wildman–Crippen LogP) is 1.95. The third-order valence-corrected chi connectivity index (χ3v) is 2.42. The van der Waals surface area contributed by atoms with Crippen molar-refractivity contribution in [1.82, 2.24) is 9.97 Å². The first kappa shape index (κ1) is 11.5. The first-order chi connectivity index (χ1) is 7.99. The summed E-state index contributed by atoms with van der Waals surface area (Å²) in [7, 11) is 0. The van der Waals surface area contributed by atoms with Crippen molar-refractivity contribution in [2.24, 2.45) is 0 Å². The fourth-order valence-electron chi connectivity index (χ4n) is 1.33. The van der Waals surface area contributed by atoms with Crippen LogP contribution in [0.15, 0.2) is 23.0 Å². The Morgan fingerprint density at radius 3 is 2.76 bits per heavy atom. The van der Waals surface area contributed by atoms with Crippen LogP contribution in [0.5, 0.6) is 0 Å². The lowest BCUT2D eigenvalue weighted by atomic mass is 10.1. The predicted molar refractivity (Wildman–Crippen MR) is 59.6 cm³/mol. The molecule has 0 aliphatic carbocycles. The highest BCUT2D eigenvalue weighted by molar-refractivity contribution is 6.32. The molecule has 1 heterocycles. The third kappa shape index (κ3) is 2.12. The van der Waals surface area contributed by atoms with Gasteiger partial charge >= 0.3 is 0 Å². The lowest BCUT2D eigenvalue weighted by Crippen LogP contribution is -2.13. The Balaban J connectivity index is 2.76. The van der Waals surface area contributed by atoms with Crippen LogP contribution in [0.25, 0.3) is 11.3 Å². The molecule has 7 heteroatoms. The van der Waals surface area contributed by atoms with Crippen molar-refractivity contribution in [1.29, 1.82) is 0 Å². The number of nitrogens with one attached hydrogen (secondary N) is 1. The molecule has 17 heavy (non-hydrogen) atoms. The van der Waals surface area contributed by atoms with Crippen molar-refractivity contribution in [3.8, 4) is 11.3 Å². The molecule has 88 valence electrons. The molecule has 1 aromatic carbocycles. The number of hydrogen-bond donors (Lipinski definition) is 2. The second-order valence-electron chi connectivity index (χ2n) is 3.24. The standard InChI is InChI=1S/C10H6ClF2N3O/c11-7-8(15-10(14)16-9(7)17)5-3-4(12)1-2-6(5)13/h1-3H,(H3,14,15,16,17). The number of nitrogens with two attached hydrogens (primary N) is 1. The number of halogens is 3. The van der Waals surface area contributed by atoms with Gasteiger partial charge in [0.05, 0.1) is 0 Å². The Hall–Kier alpha value is -1.95. The first-order valence-corrected chi connectivity index (χ1v) is 4.87. The van der Waals surface area contributed by atoms with Crippen LogP contribution < -0.4 is 11.3 Å². The van der Waals surface area contributed by atoms with Crippen LogP contribution in [0.4, 0.5) is 14.7 Å². The second-order valence-corrected chi connectivity index (χ2v) is 3.62. The Morgan fingerprint density at radius 2 is 2.06 bits per heavy atom. The number of benzene rings is 1. The summed E-state index contributed by atoms with van der Waals surface area (Å²) in [5.41, 5.74) is 4.20. The molecule has 0 aliphatic rings. The maximum Gasteiger partial charge on any atom is 0.271 e. The Kier molecular flexibility index (Phi) is 2.81. The van der Waals surface area contributed by atoms with E-state index < -0.39 is 17.2 Å². The summed E-state index contributed by atoms with van der Waals surface area (Å²) >= 11 is 5.67. The van der Waals surface area contributed by atoms with Crippen molar-refractivity contribution in [2.75, 3.05) is 5.73 Å². The Labute approximate surface area is 99.1 Å². The zero-order chi connectivity index (χ0) is 12.6. The third-order valence-electron chi connectivity index (χ3n) is 2.06. The van der Waals surface area contributed by atoms with E-state index in [1.807, 2.05) is 0 Å². The van der Waals surface area contributed by atoms with E-state index in [2.05, 4.69) is 9.97 Å². The van der Waals surface area contributed by atoms with E-state index in [-0.39, 0.29) is 22.2 Å². The second kappa shape index (κ2) is 4.14. The molecule has 3 N–H and O–H groups in total. The minimum atomic E-state index is -0.745. The van der Waals surface area contributed by atoms with Gasteiger partial charge in [-0.3, -0.25) is 9.78 Å². The summed E-state index contributed by atoms with van der Waals surface area (Å²) < 4.78 is 26.5. The molecule has 0 aliphatic heterocycles. The molecule has 1 aromatic heterocycles. The number of rotatable bonds is 1. The lowest BCUT2D eigenvalue weighted by molar-refractivity contribution is 0.602.